The number of aromatic nitrogens is 1. The van der Waals surface area contributed by atoms with Gasteiger partial charge in [0, 0.05) is 21.5 Å². The summed E-state index contributed by atoms with van der Waals surface area (Å²) >= 11 is 7.94. The molecule has 2 aliphatic rings. The molecule has 0 saturated carbocycles. The second-order valence-corrected chi connectivity index (χ2v) is 10.9. The number of imide groups is 3. The summed E-state index contributed by atoms with van der Waals surface area (Å²) in [6, 6.07) is 12.3. The normalized spacial score (nSPS) is 20.4. The van der Waals surface area contributed by atoms with Crippen LogP contribution in [0, 0.1) is 5.92 Å². The SMILES string of the molecule is COc1ccc(NC(=O)Cn2c3c(sc2=O)[C@@H](c2ccc(Cl)cc2)C2C(=O)N(C(N)=O)C(=O)C2S3)cc1. The number of hydrogen-bond donors (Lipinski definition) is 2. The molecule has 5 amide bonds. The van der Waals surface area contributed by atoms with Gasteiger partial charge in [0.1, 0.15) is 17.5 Å². The van der Waals surface area contributed by atoms with Gasteiger partial charge in [-0.05, 0) is 42.0 Å². The number of anilines is 1. The van der Waals surface area contributed by atoms with Crippen LogP contribution in [0.2, 0.25) is 5.02 Å². The first-order valence-electron chi connectivity index (χ1n) is 11.0. The number of benzene rings is 2. The number of hydrogen-bond acceptors (Lipinski definition) is 8. The number of methoxy groups -OCH3 is 1. The average Bonchev–Trinajstić information content (AvgIpc) is 3.31. The number of ether oxygens (including phenoxy) is 1. The van der Waals surface area contributed by atoms with E-state index in [1.807, 2.05) is 0 Å². The highest BCUT2D eigenvalue weighted by atomic mass is 35.5. The Morgan fingerprint density at radius 3 is 2.35 bits per heavy atom. The van der Waals surface area contributed by atoms with Crippen molar-refractivity contribution in [2.24, 2.45) is 11.7 Å². The van der Waals surface area contributed by atoms with Crippen LogP contribution in [0.3, 0.4) is 0 Å². The van der Waals surface area contributed by atoms with Gasteiger partial charge in [-0.15, -0.1) is 0 Å². The highest BCUT2D eigenvalue weighted by Gasteiger charge is 2.57. The molecule has 1 saturated heterocycles. The van der Waals surface area contributed by atoms with Crippen LogP contribution in [0.4, 0.5) is 10.5 Å². The van der Waals surface area contributed by atoms with Gasteiger partial charge >= 0.3 is 10.9 Å². The van der Waals surface area contributed by atoms with E-state index in [2.05, 4.69) is 5.32 Å². The second kappa shape index (κ2) is 9.69. The number of likely N-dealkylation sites (tertiary alicyclic amines) is 1. The maximum Gasteiger partial charge on any atom is 0.328 e. The average molecular weight is 559 g/mol. The van der Waals surface area contributed by atoms with Gasteiger partial charge in [0.05, 0.1) is 18.1 Å². The van der Waals surface area contributed by atoms with Gasteiger partial charge in [0.2, 0.25) is 11.8 Å². The number of thiazole rings is 1. The van der Waals surface area contributed by atoms with Crippen molar-refractivity contribution in [2.45, 2.75) is 22.7 Å². The van der Waals surface area contributed by atoms with Crippen molar-refractivity contribution in [3.05, 3.63) is 73.7 Å². The lowest BCUT2D eigenvalue weighted by atomic mass is 9.83. The number of nitrogens with zero attached hydrogens (tertiary/aromatic N) is 2. The summed E-state index contributed by atoms with van der Waals surface area (Å²) in [7, 11) is 1.53. The Labute approximate surface area is 223 Å². The summed E-state index contributed by atoms with van der Waals surface area (Å²) in [5.41, 5.74) is 6.49. The van der Waals surface area contributed by atoms with E-state index in [4.69, 9.17) is 22.1 Å². The molecule has 1 aromatic heterocycles. The topological polar surface area (TPSA) is 141 Å². The van der Waals surface area contributed by atoms with E-state index < -0.39 is 45.7 Å². The number of urea groups is 1. The van der Waals surface area contributed by atoms with E-state index in [1.54, 1.807) is 48.5 Å². The Hall–Kier alpha value is -3.61. The molecule has 10 nitrogen and oxygen atoms in total. The molecule has 3 atom stereocenters. The molecule has 0 bridgehead atoms. The first-order valence-corrected chi connectivity index (χ1v) is 13.0. The Morgan fingerprint density at radius 1 is 1.05 bits per heavy atom. The van der Waals surface area contributed by atoms with E-state index in [0.29, 0.717) is 36.8 Å². The summed E-state index contributed by atoms with van der Waals surface area (Å²) < 4.78 is 6.40. The highest BCUT2D eigenvalue weighted by molar-refractivity contribution is 8.00. The number of rotatable bonds is 5. The third-order valence-electron chi connectivity index (χ3n) is 6.17. The molecule has 13 heteroatoms. The van der Waals surface area contributed by atoms with E-state index in [0.717, 1.165) is 23.1 Å². The number of thioether (sulfide) groups is 1. The van der Waals surface area contributed by atoms with E-state index in [9.17, 15) is 24.0 Å². The van der Waals surface area contributed by atoms with Crippen LogP contribution in [0.25, 0.3) is 0 Å². The van der Waals surface area contributed by atoms with Crippen molar-refractivity contribution in [1.82, 2.24) is 9.47 Å². The predicted octanol–water partition coefficient (Wildman–Crippen LogP) is 2.88. The molecule has 3 N–H and O–H groups in total. The van der Waals surface area contributed by atoms with Crippen molar-refractivity contribution in [3.63, 3.8) is 0 Å². The predicted molar refractivity (Wildman–Crippen MR) is 138 cm³/mol. The van der Waals surface area contributed by atoms with Crippen LogP contribution in [-0.2, 0) is 20.9 Å². The smallest absolute Gasteiger partial charge is 0.328 e. The maximum atomic E-state index is 13.2. The standard InChI is InChI=1S/C24H19ClN4O6S2/c1-35-14-8-6-13(7-9-14)27-15(30)10-28-22-19(37-24(28)34)16(11-2-4-12(25)5-3-11)17-18(36-22)21(32)29(20(17)31)23(26)33/h2-9,16-18H,10H2,1H3,(H2,26,33)(H,27,30)/t16-,17?,18?/m0/s1. The minimum atomic E-state index is -1.15. The molecule has 2 aliphatic heterocycles. The first-order chi connectivity index (χ1) is 17.7. The minimum Gasteiger partial charge on any atom is -0.497 e. The summed E-state index contributed by atoms with van der Waals surface area (Å²) in [6.45, 7) is -0.309. The van der Waals surface area contributed by atoms with E-state index in [1.165, 1.54) is 11.7 Å². The zero-order valence-corrected chi connectivity index (χ0v) is 21.6. The highest BCUT2D eigenvalue weighted by Crippen LogP contribution is 2.53. The number of fused-ring (bicyclic) bond motifs is 2. The van der Waals surface area contributed by atoms with E-state index >= 15 is 0 Å². The number of amides is 5. The number of nitrogens with one attached hydrogen (secondary N) is 1. The molecular formula is C24H19ClN4O6S2. The monoisotopic (exact) mass is 558 g/mol. The van der Waals surface area contributed by atoms with Crippen LogP contribution in [-0.4, -0.2) is 45.6 Å². The second-order valence-electron chi connectivity index (χ2n) is 8.34. The Kier molecular flexibility index (Phi) is 6.56. The third-order valence-corrected chi connectivity index (χ3v) is 9.03. The van der Waals surface area contributed by atoms with Crippen molar-refractivity contribution < 1.29 is 23.9 Å². The number of halogens is 1. The molecule has 3 aromatic rings. The molecule has 0 radical (unpaired) electrons. The molecule has 190 valence electrons. The molecule has 1 fully saturated rings. The Bertz CT molecular complexity index is 1480. The molecule has 2 unspecified atom stereocenters. The zero-order valence-electron chi connectivity index (χ0n) is 19.2. The van der Waals surface area contributed by atoms with Crippen molar-refractivity contribution in [3.8, 4) is 5.75 Å². The zero-order chi connectivity index (χ0) is 26.4. The fraction of sp³-hybridized carbons (Fsp3) is 0.208. The fourth-order valence-corrected chi connectivity index (χ4v) is 7.42. The van der Waals surface area contributed by atoms with Gasteiger partial charge in [0.15, 0.2) is 0 Å². The largest absolute Gasteiger partial charge is 0.497 e. The van der Waals surface area contributed by atoms with Crippen LogP contribution in [0.5, 0.6) is 5.75 Å². The van der Waals surface area contributed by atoms with Gasteiger partial charge in [-0.1, -0.05) is 46.8 Å². The summed E-state index contributed by atoms with van der Waals surface area (Å²) in [4.78, 5) is 64.6. The molecular weight excluding hydrogens is 540 g/mol. The molecule has 3 heterocycles. The lowest BCUT2D eigenvalue weighted by molar-refractivity contribution is -0.135. The molecule has 5 rings (SSSR count). The molecule has 0 spiro atoms. The van der Waals surface area contributed by atoms with Crippen LogP contribution >= 0.6 is 34.7 Å². The number of carbonyl (C=O) groups is 4. The lowest BCUT2D eigenvalue weighted by Gasteiger charge is -2.30. The summed E-state index contributed by atoms with van der Waals surface area (Å²) in [5.74, 6) is -2.94. The summed E-state index contributed by atoms with van der Waals surface area (Å²) in [5, 5.41) is 2.62. The quantitative estimate of drug-likeness (QED) is 0.459. The van der Waals surface area contributed by atoms with E-state index in [-0.39, 0.29) is 6.54 Å². The summed E-state index contributed by atoms with van der Waals surface area (Å²) in [6.07, 6.45) is 0. The number of primary amides is 1. The first kappa shape index (κ1) is 25.1. The van der Waals surface area contributed by atoms with Crippen LogP contribution in [0.1, 0.15) is 16.4 Å². The van der Waals surface area contributed by atoms with Gasteiger partial charge in [-0.3, -0.25) is 23.7 Å². The molecule has 2 aromatic carbocycles. The Balaban J connectivity index is 1.53. The fourth-order valence-electron chi connectivity index (χ4n) is 4.52. The Morgan fingerprint density at radius 2 is 1.73 bits per heavy atom. The number of carbonyl (C=O) groups excluding carboxylic acids is 4. The van der Waals surface area contributed by atoms with Gasteiger partial charge < -0.3 is 15.8 Å². The lowest BCUT2D eigenvalue weighted by Crippen LogP contribution is -2.41. The molecule has 37 heavy (non-hydrogen) atoms. The molecule has 0 aliphatic carbocycles. The third kappa shape index (κ3) is 4.41. The van der Waals surface area contributed by atoms with Gasteiger partial charge in [0.25, 0.3) is 5.91 Å². The van der Waals surface area contributed by atoms with Crippen molar-refractivity contribution in [1.29, 1.82) is 0 Å². The van der Waals surface area contributed by atoms with Gasteiger partial charge in [-0.25, -0.2) is 4.79 Å². The van der Waals surface area contributed by atoms with Crippen molar-refractivity contribution >= 4 is 64.1 Å². The maximum absolute atomic E-state index is 13.2. The number of nitrogens with two attached hydrogens (primary N) is 1. The van der Waals surface area contributed by atoms with Crippen molar-refractivity contribution in [2.75, 3.05) is 12.4 Å². The van der Waals surface area contributed by atoms with Crippen LogP contribution in [0.15, 0.2) is 58.4 Å². The minimum absolute atomic E-state index is 0.309. The van der Waals surface area contributed by atoms with Crippen LogP contribution < -0.4 is 20.7 Å². The van der Waals surface area contributed by atoms with Gasteiger partial charge in [-0.2, -0.15) is 4.90 Å².